The van der Waals surface area contributed by atoms with Crippen molar-refractivity contribution in [2.24, 2.45) is 0 Å². The lowest BCUT2D eigenvalue weighted by Crippen LogP contribution is -2.51. The van der Waals surface area contributed by atoms with Crippen molar-refractivity contribution in [3.8, 4) is 0 Å². The maximum atomic E-state index is 12.3. The van der Waals surface area contributed by atoms with Gasteiger partial charge in [0.1, 0.15) is 9.77 Å². The van der Waals surface area contributed by atoms with Gasteiger partial charge in [0.2, 0.25) is 10.0 Å². The van der Waals surface area contributed by atoms with Crippen LogP contribution in [-0.4, -0.2) is 38.2 Å². The highest BCUT2D eigenvalue weighted by molar-refractivity contribution is 7.89. The topological polar surface area (TPSA) is 92.7 Å². The van der Waals surface area contributed by atoms with Crippen molar-refractivity contribution in [2.45, 2.75) is 30.2 Å². The summed E-state index contributed by atoms with van der Waals surface area (Å²) < 4.78 is 32.4. The summed E-state index contributed by atoms with van der Waals surface area (Å²) in [7, 11) is -3.85. The van der Waals surface area contributed by atoms with E-state index in [0.29, 0.717) is 19.6 Å². The average Bonchev–Trinajstić information content (AvgIpc) is 2.78. The van der Waals surface area contributed by atoms with Gasteiger partial charge in [-0.1, -0.05) is 0 Å². The third-order valence-electron chi connectivity index (χ3n) is 2.93. The number of ether oxygens (including phenoxy) is 1. The molecule has 0 amide bonds. The smallest absolute Gasteiger partial charge is 0.347 e. The van der Waals surface area contributed by atoms with Gasteiger partial charge in [0.05, 0.1) is 12.1 Å². The molecule has 19 heavy (non-hydrogen) atoms. The molecule has 0 aliphatic carbocycles. The first-order chi connectivity index (χ1) is 8.84. The van der Waals surface area contributed by atoms with Crippen molar-refractivity contribution in [3.05, 3.63) is 16.3 Å². The molecule has 0 spiro atoms. The van der Waals surface area contributed by atoms with Crippen molar-refractivity contribution in [3.63, 3.8) is 0 Å². The predicted octanol–water partition coefficient (Wildman–Crippen LogP) is 1.29. The third-order valence-corrected chi connectivity index (χ3v) is 5.64. The standard InChI is InChI=1S/C11H15NO5S2/c1-11(4-2-5-17-7-11)12-19(15,16)8-3-6-18-9(8)10(13)14/h3,6,12H,2,4-5,7H2,1H3,(H,13,14). The number of thiophene rings is 1. The zero-order valence-electron chi connectivity index (χ0n) is 10.4. The number of carbonyl (C=O) groups is 1. The van der Waals surface area contributed by atoms with Crippen LogP contribution in [0.15, 0.2) is 16.3 Å². The first-order valence-electron chi connectivity index (χ1n) is 5.77. The van der Waals surface area contributed by atoms with Crippen molar-refractivity contribution in [1.29, 1.82) is 0 Å². The second-order valence-electron chi connectivity index (χ2n) is 4.74. The summed E-state index contributed by atoms with van der Waals surface area (Å²) in [4.78, 5) is 10.6. The van der Waals surface area contributed by atoms with Gasteiger partial charge in [-0.3, -0.25) is 0 Å². The number of aromatic carboxylic acids is 1. The Morgan fingerprint density at radius 2 is 2.32 bits per heavy atom. The number of rotatable bonds is 4. The average molecular weight is 305 g/mol. The van der Waals surface area contributed by atoms with Gasteiger partial charge < -0.3 is 9.84 Å². The minimum atomic E-state index is -3.85. The van der Waals surface area contributed by atoms with Gasteiger partial charge in [-0.15, -0.1) is 11.3 Å². The molecular formula is C11H15NO5S2. The van der Waals surface area contributed by atoms with E-state index in [4.69, 9.17) is 9.84 Å². The van der Waals surface area contributed by atoms with E-state index in [1.54, 1.807) is 6.92 Å². The van der Waals surface area contributed by atoms with Crippen LogP contribution < -0.4 is 4.72 Å². The lowest BCUT2D eigenvalue weighted by molar-refractivity contribution is 0.0386. The number of nitrogens with one attached hydrogen (secondary N) is 1. The van der Waals surface area contributed by atoms with Gasteiger partial charge in [-0.2, -0.15) is 0 Å². The molecule has 8 heteroatoms. The molecule has 0 saturated carbocycles. The Balaban J connectivity index is 2.27. The maximum Gasteiger partial charge on any atom is 0.347 e. The van der Waals surface area contributed by atoms with Crippen molar-refractivity contribution in [2.75, 3.05) is 13.2 Å². The van der Waals surface area contributed by atoms with Crippen molar-refractivity contribution >= 4 is 27.3 Å². The molecule has 1 aromatic rings. The Bertz CT molecular complexity index is 572. The molecule has 1 aromatic heterocycles. The molecule has 1 aliphatic heterocycles. The highest BCUT2D eigenvalue weighted by Gasteiger charge is 2.34. The van der Waals surface area contributed by atoms with Crippen LogP contribution in [0.5, 0.6) is 0 Å². The van der Waals surface area contributed by atoms with Crippen molar-refractivity contribution in [1.82, 2.24) is 4.72 Å². The fourth-order valence-corrected chi connectivity index (χ4v) is 4.74. The zero-order valence-corrected chi connectivity index (χ0v) is 12.0. The Hall–Kier alpha value is -0.960. The van der Waals surface area contributed by atoms with E-state index in [-0.39, 0.29) is 9.77 Å². The second kappa shape index (κ2) is 5.20. The Labute approximate surface area is 115 Å². The van der Waals surface area contributed by atoms with Crippen LogP contribution in [0.2, 0.25) is 0 Å². The van der Waals surface area contributed by atoms with E-state index in [9.17, 15) is 13.2 Å². The third kappa shape index (κ3) is 3.14. The fourth-order valence-electron chi connectivity index (χ4n) is 2.06. The van der Waals surface area contributed by atoms with Crippen LogP contribution in [0.1, 0.15) is 29.4 Å². The van der Waals surface area contributed by atoms with Crippen LogP contribution in [-0.2, 0) is 14.8 Å². The Morgan fingerprint density at radius 1 is 1.58 bits per heavy atom. The van der Waals surface area contributed by atoms with E-state index < -0.39 is 21.5 Å². The number of sulfonamides is 1. The summed E-state index contributed by atoms with van der Waals surface area (Å²) in [6.07, 6.45) is 1.44. The van der Waals surface area contributed by atoms with Crippen LogP contribution in [0.3, 0.4) is 0 Å². The SMILES string of the molecule is CC1(NS(=O)(=O)c2ccsc2C(=O)O)CCCOC1. The Kier molecular flexibility index (Phi) is 3.95. The molecule has 0 bridgehead atoms. The molecule has 0 radical (unpaired) electrons. The molecule has 1 unspecified atom stereocenters. The minimum Gasteiger partial charge on any atom is -0.477 e. The molecule has 1 saturated heterocycles. The number of carboxylic acids is 1. The normalized spacial score (nSPS) is 24.3. The number of hydrogen-bond donors (Lipinski definition) is 2. The quantitative estimate of drug-likeness (QED) is 0.874. The van der Waals surface area contributed by atoms with Gasteiger partial charge >= 0.3 is 5.97 Å². The van der Waals surface area contributed by atoms with E-state index >= 15 is 0 Å². The summed E-state index contributed by atoms with van der Waals surface area (Å²) in [6.45, 7) is 2.67. The van der Waals surface area contributed by atoms with E-state index in [1.165, 1.54) is 11.4 Å². The van der Waals surface area contributed by atoms with Gasteiger partial charge in [0, 0.05) is 6.61 Å². The summed E-state index contributed by atoms with van der Waals surface area (Å²) in [5.41, 5.74) is -0.686. The van der Waals surface area contributed by atoms with E-state index in [0.717, 1.165) is 17.8 Å². The summed E-state index contributed by atoms with van der Waals surface area (Å²) >= 11 is 0.895. The number of carboxylic acid groups (broad SMARTS) is 1. The van der Waals surface area contributed by atoms with Crippen LogP contribution >= 0.6 is 11.3 Å². The van der Waals surface area contributed by atoms with E-state index in [2.05, 4.69) is 4.72 Å². The van der Waals surface area contributed by atoms with Crippen LogP contribution in [0.25, 0.3) is 0 Å². The van der Waals surface area contributed by atoms with Crippen molar-refractivity contribution < 1.29 is 23.1 Å². The molecule has 2 heterocycles. The summed E-state index contributed by atoms with van der Waals surface area (Å²) in [5.74, 6) is -1.24. The molecule has 6 nitrogen and oxygen atoms in total. The number of hydrogen-bond acceptors (Lipinski definition) is 5. The first-order valence-corrected chi connectivity index (χ1v) is 8.13. The highest BCUT2D eigenvalue weighted by Crippen LogP contribution is 2.26. The molecule has 0 aromatic carbocycles. The summed E-state index contributed by atoms with van der Waals surface area (Å²) in [6, 6.07) is 1.31. The van der Waals surface area contributed by atoms with Gasteiger partial charge in [0.25, 0.3) is 0 Å². The predicted molar refractivity (Wildman–Crippen MR) is 70.1 cm³/mol. The largest absolute Gasteiger partial charge is 0.477 e. The molecule has 1 atom stereocenters. The summed E-state index contributed by atoms with van der Waals surface area (Å²) in [5, 5.41) is 10.4. The van der Waals surface area contributed by atoms with Gasteiger partial charge in [-0.05, 0) is 31.2 Å². The first kappa shape index (κ1) is 14.4. The highest BCUT2D eigenvalue weighted by atomic mass is 32.2. The van der Waals surface area contributed by atoms with Crippen LogP contribution in [0, 0.1) is 0 Å². The minimum absolute atomic E-state index is 0.173. The van der Waals surface area contributed by atoms with Gasteiger partial charge in [-0.25, -0.2) is 17.9 Å². The van der Waals surface area contributed by atoms with E-state index in [1.807, 2.05) is 0 Å². The van der Waals surface area contributed by atoms with Gasteiger partial charge in [0.15, 0.2) is 0 Å². The lowest BCUT2D eigenvalue weighted by Gasteiger charge is -2.33. The molecule has 2 rings (SSSR count). The molecule has 2 N–H and O–H groups in total. The molecular weight excluding hydrogens is 290 g/mol. The van der Waals surface area contributed by atoms with Crippen LogP contribution in [0.4, 0.5) is 0 Å². The molecule has 1 aliphatic rings. The lowest BCUT2D eigenvalue weighted by atomic mass is 9.97. The fraction of sp³-hybridized carbons (Fsp3) is 0.545. The monoisotopic (exact) mass is 305 g/mol. The molecule has 106 valence electrons. The Morgan fingerprint density at radius 3 is 2.89 bits per heavy atom. The maximum absolute atomic E-state index is 12.3. The zero-order chi connectivity index (χ0) is 14.1. The molecule has 1 fully saturated rings. The second-order valence-corrected chi connectivity index (χ2v) is 7.31.